The fraction of sp³-hybridized carbons (Fsp3) is 0.333. The van der Waals surface area contributed by atoms with Crippen molar-refractivity contribution in [3.05, 3.63) is 71.3 Å². The zero-order valence-corrected chi connectivity index (χ0v) is 19.9. The van der Waals surface area contributed by atoms with Crippen molar-refractivity contribution < 1.29 is 23.7 Å². The lowest BCUT2D eigenvalue weighted by molar-refractivity contribution is 0.226. The highest BCUT2D eigenvalue weighted by Crippen LogP contribution is 2.43. The summed E-state index contributed by atoms with van der Waals surface area (Å²) >= 11 is 0. The van der Waals surface area contributed by atoms with Crippen LogP contribution in [0.2, 0.25) is 0 Å². The number of rotatable bonds is 8. The highest BCUT2D eigenvalue weighted by atomic mass is 16.5. The maximum atomic E-state index is 6.30. The third kappa shape index (κ3) is 4.71. The molecule has 6 heteroatoms. The highest BCUT2D eigenvalue weighted by molar-refractivity contribution is 5.54. The number of ether oxygens (including phenoxy) is 5. The Morgan fingerprint density at radius 3 is 2.03 bits per heavy atom. The molecule has 0 bridgehead atoms. The molecule has 0 saturated carbocycles. The van der Waals surface area contributed by atoms with Crippen LogP contribution < -0.4 is 23.7 Å². The summed E-state index contributed by atoms with van der Waals surface area (Å²) in [6.45, 7) is 0.954. The van der Waals surface area contributed by atoms with Gasteiger partial charge in [0.2, 0.25) is 0 Å². The number of hydrogen-bond acceptors (Lipinski definition) is 6. The molecule has 0 aliphatic carbocycles. The van der Waals surface area contributed by atoms with Gasteiger partial charge in [-0.15, -0.1) is 0 Å². The molecule has 0 saturated heterocycles. The molecule has 1 aliphatic heterocycles. The molecule has 1 aliphatic rings. The van der Waals surface area contributed by atoms with E-state index in [1.54, 1.807) is 28.4 Å². The average molecular weight is 450 g/mol. The van der Waals surface area contributed by atoms with Crippen molar-refractivity contribution >= 4 is 0 Å². The zero-order chi connectivity index (χ0) is 23.4. The minimum atomic E-state index is 0.143. The van der Waals surface area contributed by atoms with E-state index in [9.17, 15) is 0 Å². The minimum absolute atomic E-state index is 0.143. The number of benzene rings is 3. The van der Waals surface area contributed by atoms with Gasteiger partial charge in [0, 0.05) is 24.2 Å². The van der Waals surface area contributed by atoms with Crippen LogP contribution in [0.25, 0.3) is 0 Å². The molecular weight excluding hydrogens is 418 g/mol. The Hall–Kier alpha value is -3.38. The number of methoxy groups -OCH3 is 4. The van der Waals surface area contributed by atoms with Gasteiger partial charge in [-0.1, -0.05) is 18.2 Å². The predicted octanol–water partition coefficient (Wildman–Crippen LogP) is 5.29. The molecule has 1 atom stereocenters. The second-order valence-electron chi connectivity index (χ2n) is 8.09. The summed E-state index contributed by atoms with van der Waals surface area (Å²) in [5.74, 6) is 4.34. The van der Waals surface area contributed by atoms with Crippen LogP contribution in [0.1, 0.15) is 22.7 Å². The van der Waals surface area contributed by atoms with Crippen molar-refractivity contribution in [2.45, 2.75) is 18.9 Å². The van der Waals surface area contributed by atoms with Crippen LogP contribution in [-0.4, -0.2) is 46.9 Å². The van der Waals surface area contributed by atoms with Gasteiger partial charge in [-0.05, 0) is 61.3 Å². The summed E-state index contributed by atoms with van der Waals surface area (Å²) in [7, 11) is 8.79. The lowest BCUT2D eigenvalue weighted by Crippen LogP contribution is -2.33. The molecule has 1 unspecified atom stereocenters. The average Bonchev–Trinajstić information content (AvgIpc) is 2.86. The Labute approximate surface area is 195 Å². The standard InChI is InChI=1S/C27H31NO5/c1-28-12-11-18-14-24(29-2)26(31-4)16-21(18)22(28)13-19-15-25(30-3)27(32-5)17-23(19)33-20-9-7-6-8-10-20/h6-10,14-17,22H,11-13H2,1-5H3. The van der Waals surface area contributed by atoms with Crippen molar-refractivity contribution in [2.75, 3.05) is 42.0 Å². The number of hydrogen-bond donors (Lipinski definition) is 0. The lowest BCUT2D eigenvalue weighted by atomic mass is 9.88. The van der Waals surface area contributed by atoms with Crippen LogP contribution in [0.4, 0.5) is 0 Å². The van der Waals surface area contributed by atoms with Gasteiger partial charge in [0.05, 0.1) is 28.4 Å². The molecule has 6 nitrogen and oxygen atoms in total. The summed E-state index contributed by atoms with van der Waals surface area (Å²) in [6, 6.07) is 18.0. The van der Waals surface area contributed by atoms with Crippen molar-refractivity contribution in [3.63, 3.8) is 0 Å². The van der Waals surface area contributed by atoms with Gasteiger partial charge in [0.15, 0.2) is 23.0 Å². The Balaban J connectivity index is 1.76. The first-order chi connectivity index (χ1) is 16.1. The van der Waals surface area contributed by atoms with Crippen LogP contribution in [0, 0.1) is 0 Å². The molecule has 0 N–H and O–H groups in total. The van der Waals surface area contributed by atoms with Crippen molar-refractivity contribution in [2.24, 2.45) is 0 Å². The molecule has 1 heterocycles. The predicted molar refractivity (Wildman–Crippen MR) is 128 cm³/mol. The molecular formula is C27H31NO5. The van der Waals surface area contributed by atoms with Gasteiger partial charge < -0.3 is 23.7 Å². The van der Waals surface area contributed by atoms with E-state index in [0.29, 0.717) is 11.5 Å². The number of nitrogens with zero attached hydrogens (tertiary/aromatic N) is 1. The van der Waals surface area contributed by atoms with E-state index in [0.717, 1.165) is 47.9 Å². The van der Waals surface area contributed by atoms with E-state index < -0.39 is 0 Å². The second kappa shape index (κ2) is 10.0. The van der Waals surface area contributed by atoms with Crippen LogP contribution in [0.15, 0.2) is 54.6 Å². The van der Waals surface area contributed by atoms with Gasteiger partial charge in [-0.2, -0.15) is 0 Å². The van der Waals surface area contributed by atoms with Crippen molar-refractivity contribution in [1.82, 2.24) is 4.90 Å². The van der Waals surface area contributed by atoms with Crippen LogP contribution >= 0.6 is 0 Å². The van der Waals surface area contributed by atoms with Crippen LogP contribution in [0.3, 0.4) is 0 Å². The number of fused-ring (bicyclic) bond motifs is 1. The fourth-order valence-corrected chi connectivity index (χ4v) is 4.40. The van der Waals surface area contributed by atoms with E-state index in [2.05, 4.69) is 24.1 Å². The summed E-state index contributed by atoms with van der Waals surface area (Å²) in [5.41, 5.74) is 3.56. The Kier molecular flexibility index (Phi) is 6.94. The van der Waals surface area contributed by atoms with Crippen LogP contribution in [-0.2, 0) is 12.8 Å². The molecule has 0 fully saturated rings. The third-order valence-corrected chi connectivity index (χ3v) is 6.22. The zero-order valence-electron chi connectivity index (χ0n) is 19.9. The lowest BCUT2D eigenvalue weighted by Gasteiger charge is -2.35. The first-order valence-corrected chi connectivity index (χ1v) is 11.0. The van der Waals surface area contributed by atoms with Crippen molar-refractivity contribution in [1.29, 1.82) is 0 Å². The quantitative estimate of drug-likeness (QED) is 0.466. The minimum Gasteiger partial charge on any atom is -0.493 e. The smallest absolute Gasteiger partial charge is 0.164 e. The van der Waals surface area contributed by atoms with Gasteiger partial charge in [0.1, 0.15) is 11.5 Å². The maximum Gasteiger partial charge on any atom is 0.164 e. The first kappa shape index (κ1) is 22.8. The topological polar surface area (TPSA) is 49.4 Å². The summed E-state index contributed by atoms with van der Waals surface area (Å²) in [5, 5.41) is 0. The molecule has 0 aromatic heterocycles. The molecule has 3 aromatic rings. The first-order valence-electron chi connectivity index (χ1n) is 11.0. The van der Waals surface area contributed by atoms with E-state index in [4.69, 9.17) is 23.7 Å². The Bertz CT molecular complexity index is 1100. The largest absolute Gasteiger partial charge is 0.493 e. The number of para-hydroxylation sites is 1. The van der Waals surface area contributed by atoms with Crippen molar-refractivity contribution in [3.8, 4) is 34.5 Å². The van der Waals surface area contributed by atoms with Crippen LogP contribution in [0.5, 0.6) is 34.5 Å². The van der Waals surface area contributed by atoms with Gasteiger partial charge in [-0.25, -0.2) is 0 Å². The molecule has 0 spiro atoms. The van der Waals surface area contributed by atoms with Gasteiger partial charge >= 0.3 is 0 Å². The monoisotopic (exact) mass is 449 g/mol. The molecule has 0 radical (unpaired) electrons. The molecule has 174 valence electrons. The van der Waals surface area contributed by atoms with Gasteiger partial charge in [-0.3, -0.25) is 4.90 Å². The molecule has 0 amide bonds. The van der Waals surface area contributed by atoms with Gasteiger partial charge in [0.25, 0.3) is 0 Å². The molecule has 4 rings (SSSR count). The molecule has 33 heavy (non-hydrogen) atoms. The second-order valence-corrected chi connectivity index (χ2v) is 8.09. The maximum absolute atomic E-state index is 6.30. The highest BCUT2D eigenvalue weighted by Gasteiger charge is 2.28. The molecule has 3 aromatic carbocycles. The number of likely N-dealkylation sites (N-methyl/N-ethyl adjacent to an activating group) is 1. The Morgan fingerprint density at radius 1 is 0.758 bits per heavy atom. The Morgan fingerprint density at radius 2 is 1.36 bits per heavy atom. The van der Waals surface area contributed by atoms with E-state index >= 15 is 0 Å². The van der Waals surface area contributed by atoms with E-state index in [1.807, 2.05) is 42.5 Å². The van der Waals surface area contributed by atoms with E-state index in [1.165, 1.54) is 11.1 Å². The summed E-state index contributed by atoms with van der Waals surface area (Å²) in [6.07, 6.45) is 1.70. The van der Waals surface area contributed by atoms with E-state index in [-0.39, 0.29) is 6.04 Å². The summed E-state index contributed by atoms with van der Waals surface area (Å²) < 4.78 is 28.6. The third-order valence-electron chi connectivity index (χ3n) is 6.22. The SMILES string of the molecule is COc1cc(CC2c3cc(OC)c(OC)cc3CCN2C)c(Oc2ccccc2)cc1OC. The fourth-order valence-electron chi connectivity index (χ4n) is 4.40. The normalized spacial score (nSPS) is 15.5. The summed E-state index contributed by atoms with van der Waals surface area (Å²) in [4.78, 5) is 2.37.